The van der Waals surface area contributed by atoms with E-state index in [-0.39, 0.29) is 17.4 Å². The molecule has 1 rings (SSSR count). The summed E-state index contributed by atoms with van der Waals surface area (Å²) in [5.74, 6) is -0.0894. The molecule has 0 aromatic carbocycles. The number of hydrogen-bond acceptors (Lipinski definition) is 3. The maximum absolute atomic E-state index is 11.9. The van der Waals surface area contributed by atoms with Crippen LogP contribution in [0.5, 0.6) is 0 Å². The molecule has 1 unspecified atom stereocenters. The maximum Gasteiger partial charge on any atom is 0.237 e. The molecule has 0 radical (unpaired) electrons. The van der Waals surface area contributed by atoms with Crippen LogP contribution in [0.3, 0.4) is 0 Å². The first-order valence-corrected chi connectivity index (χ1v) is 6.29. The summed E-state index contributed by atoms with van der Waals surface area (Å²) in [4.78, 5) is 13.0. The molecule has 0 spiro atoms. The Balaban J connectivity index is 2.59. The van der Waals surface area contributed by atoms with Gasteiger partial charge in [-0.2, -0.15) is 0 Å². The smallest absolute Gasteiger partial charge is 0.237 e. The van der Waals surface area contributed by atoms with Gasteiger partial charge in [-0.15, -0.1) is 11.3 Å². The molecule has 4 heteroatoms. The third-order valence-corrected chi connectivity index (χ3v) is 3.60. The van der Waals surface area contributed by atoms with E-state index in [1.165, 1.54) is 0 Å². The van der Waals surface area contributed by atoms with Crippen LogP contribution in [0.1, 0.15) is 38.6 Å². The molecular weight excluding hydrogens is 220 g/mol. The second-order valence-corrected chi connectivity index (χ2v) is 6.07. The van der Waals surface area contributed by atoms with Crippen molar-refractivity contribution in [3.05, 3.63) is 22.4 Å². The van der Waals surface area contributed by atoms with Gasteiger partial charge in [0.05, 0.1) is 12.1 Å². The molecule has 16 heavy (non-hydrogen) atoms. The minimum absolute atomic E-state index is 0.0286. The Hall–Kier alpha value is -0.870. The highest BCUT2D eigenvalue weighted by atomic mass is 32.1. The lowest BCUT2D eigenvalue weighted by Crippen LogP contribution is -2.49. The summed E-state index contributed by atoms with van der Waals surface area (Å²) in [6.07, 6.45) is 0. The second-order valence-electron chi connectivity index (χ2n) is 5.09. The first kappa shape index (κ1) is 13.2. The SMILES string of the molecule is CC(NC(=O)[C@H](N)C(C)(C)C)c1cccs1. The minimum Gasteiger partial charge on any atom is -0.347 e. The molecule has 1 aromatic heterocycles. The number of amides is 1. The van der Waals surface area contributed by atoms with E-state index in [4.69, 9.17) is 5.73 Å². The summed E-state index contributed by atoms with van der Waals surface area (Å²) in [6.45, 7) is 7.87. The third-order valence-electron chi connectivity index (χ3n) is 2.54. The molecule has 0 aliphatic carbocycles. The van der Waals surface area contributed by atoms with Crippen LogP contribution in [0.25, 0.3) is 0 Å². The molecule has 0 fully saturated rings. The zero-order chi connectivity index (χ0) is 12.3. The van der Waals surface area contributed by atoms with Crippen molar-refractivity contribution in [2.45, 2.75) is 39.8 Å². The maximum atomic E-state index is 11.9. The van der Waals surface area contributed by atoms with Crippen molar-refractivity contribution in [2.75, 3.05) is 0 Å². The van der Waals surface area contributed by atoms with Gasteiger partial charge in [0.2, 0.25) is 5.91 Å². The van der Waals surface area contributed by atoms with E-state index in [9.17, 15) is 4.79 Å². The summed E-state index contributed by atoms with van der Waals surface area (Å²) in [5, 5.41) is 4.94. The standard InChI is InChI=1S/C12H20N2OS/c1-8(9-6-5-7-16-9)14-11(15)10(13)12(2,3)4/h5-8,10H,13H2,1-4H3,(H,14,15)/t8?,10-/m0/s1. The summed E-state index contributed by atoms with van der Waals surface area (Å²) < 4.78 is 0. The summed E-state index contributed by atoms with van der Waals surface area (Å²) >= 11 is 1.64. The first-order valence-electron chi connectivity index (χ1n) is 5.41. The summed E-state index contributed by atoms with van der Waals surface area (Å²) in [7, 11) is 0. The Labute approximate surface area is 101 Å². The van der Waals surface area contributed by atoms with Crippen molar-refractivity contribution in [3.8, 4) is 0 Å². The van der Waals surface area contributed by atoms with Crippen LogP contribution in [-0.2, 0) is 4.79 Å². The van der Waals surface area contributed by atoms with Crippen molar-refractivity contribution in [1.29, 1.82) is 0 Å². The number of rotatable bonds is 3. The van der Waals surface area contributed by atoms with Crippen LogP contribution >= 0.6 is 11.3 Å². The van der Waals surface area contributed by atoms with Gasteiger partial charge in [-0.25, -0.2) is 0 Å². The topological polar surface area (TPSA) is 55.1 Å². The predicted octanol–water partition coefficient (Wildman–Crippen LogP) is 2.30. The van der Waals surface area contributed by atoms with E-state index in [1.807, 2.05) is 45.2 Å². The van der Waals surface area contributed by atoms with Crippen molar-refractivity contribution in [3.63, 3.8) is 0 Å². The number of carbonyl (C=O) groups excluding carboxylic acids is 1. The van der Waals surface area contributed by atoms with Gasteiger partial charge >= 0.3 is 0 Å². The minimum atomic E-state index is -0.477. The summed E-state index contributed by atoms with van der Waals surface area (Å²) in [5.41, 5.74) is 5.68. The van der Waals surface area contributed by atoms with Gasteiger partial charge in [0.25, 0.3) is 0 Å². The normalized spacial score (nSPS) is 15.6. The highest BCUT2D eigenvalue weighted by Gasteiger charge is 2.28. The van der Waals surface area contributed by atoms with E-state index in [0.29, 0.717) is 0 Å². The fraction of sp³-hybridized carbons (Fsp3) is 0.583. The van der Waals surface area contributed by atoms with Crippen molar-refractivity contribution < 1.29 is 4.79 Å². The van der Waals surface area contributed by atoms with Gasteiger partial charge in [-0.3, -0.25) is 4.79 Å². The first-order chi connectivity index (χ1) is 7.32. The van der Waals surface area contributed by atoms with E-state index in [1.54, 1.807) is 11.3 Å². The fourth-order valence-corrected chi connectivity index (χ4v) is 2.04. The lowest BCUT2D eigenvalue weighted by Gasteiger charge is -2.27. The van der Waals surface area contributed by atoms with Gasteiger partial charge in [0.1, 0.15) is 0 Å². The van der Waals surface area contributed by atoms with E-state index in [2.05, 4.69) is 5.32 Å². The predicted molar refractivity (Wildman–Crippen MR) is 68.3 cm³/mol. The second kappa shape index (κ2) is 4.97. The largest absolute Gasteiger partial charge is 0.347 e. The van der Waals surface area contributed by atoms with Crippen molar-refractivity contribution in [2.24, 2.45) is 11.1 Å². The molecule has 0 aliphatic rings. The molecule has 2 atom stereocenters. The number of nitrogens with two attached hydrogens (primary N) is 1. The molecule has 3 N–H and O–H groups in total. The lowest BCUT2D eigenvalue weighted by atomic mass is 9.87. The fourth-order valence-electron chi connectivity index (χ4n) is 1.31. The van der Waals surface area contributed by atoms with Gasteiger partial charge in [-0.05, 0) is 23.8 Å². The van der Waals surface area contributed by atoms with Crippen molar-refractivity contribution in [1.82, 2.24) is 5.32 Å². The number of thiophene rings is 1. The highest BCUT2D eigenvalue weighted by Crippen LogP contribution is 2.21. The Morgan fingerprint density at radius 2 is 2.12 bits per heavy atom. The molecule has 1 aromatic rings. The number of nitrogens with one attached hydrogen (secondary N) is 1. The Bertz CT molecular complexity index is 340. The van der Waals surface area contributed by atoms with Crippen LogP contribution in [-0.4, -0.2) is 11.9 Å². The molecule has 0 saturated carbocycles. The van der Waals surface area contributed by atoms with Gasteiger partial charge in [0, 0.05) is 4.88 Å². The van der Waals surface area contributed by atoms with Gasteiger partial charge in [0.15, 0.2) is 0 Å². The molecule has 0 aliphatic heterocycles. The number of hydrogen-bond donors (Lipinski definition) is 2. The highest BCUT2D eigenvalue weighted by molar-refractivity contribution is 7.10. The molecule has 1 heterocycles. The van der Waals surface area contributed by atoms with Gasteiger partial charge in [-0.1, -0.05) is 26.8 Å². The number of carbonyl (C=O) groups is 1. The van der Waals surface area contributed by atoms with Crippen LogP contribution in [0, 0.1) is 5.41 Å². The Morgan fingerprint density at radius 3 is 2.56 bits per heavy atom. The molecule has 0 bridgehead atoms. The molecule has 1 amide bonds. The van der Waals surface area contributed by atoms with Crippen LogP contribution in [0.4, 0.5) is 0 Å². The van der Waals surface area contributed by atoms with E-state index < -0.39 is 6.04 Å². The zero-order valence-electron chi connectivity index (χ0n) is 10.3. The quantitative estimate of drug-likeness (QED) is 0.851. The van der Waals surface area contributed by atoms with Crippen LogP contribution < -0.4 is 11.1 Å². The van der Waals surface area contributed by atoms with Crippen molar-refractivity contribution >= 4 is 17.2 Å². The molecule has 0 saturated heterocycles. The third kappa shape index (κ3) is 3.32. The summed E-state index contributed by atoms with van der Waals surface area (Å²) in [6, 6.07) is 3.54. The van der Waals surface area contributed by atoms with Crippen LogP contribution in [0.15, 0.2) is 17.5 Å². The lowest BCUT2D eigenvalue weighted by molar-refractivity contribution is -0.125. The van der Waals surface area contributed by atoms with Gasteiger partial charge < -0.3 is 11.1 Å². The van der Waals surface area contributed by atoms with E-state index in [0.717, 1.165) is 4.88 Å². The Kier molecular flexibility index (Phi) is 4.10. The average Bonchev–Trinajstić information content (AvgIpc) is 2.67. The molecule has 90 valence electrons. The monoisotopic (exact) mass is 240 g/mol. The average molecular weight is 240 g/mol. The molecular formula is C12H20N2OS. The van der Waals surface area contributed by atoms with E-state index >= 15 is 0 Å². The zero-order valence-corrected chi connectivity index (χ0v) is 11.1. The molecule has 3 nitrogen and oxygen atoms in total. The van der Waals surface area contributed by atoms with Crippen LogP contribution in [0.2, 0.25) is 0 Å². The Morgan fingerprint density at radius 1 is 1.50 bits per heavy atom.